The first-order valence-electron chi connectivity index (χ1n) is 12.8. The van der Waals surface area contributed by atoms with Crippen molar-refractivity contribution in [2.45, 2.75) is 38.8 Å². The van der Waals surface area contributed by atoms with E-state index in [0.29, 0.717) is 42.8 Å². The van der Waals surface area contributed by atoms with E-state index in [2.05, 4.69) is 16.1 Å². The number of hydrogen-bond donors (Lipinski definition) is 1. The summed E-state index contributed by atoms with van der Waals surface area (Å²) in [7, 11) is 4.00. The molecule has 5 rings (SSSR count). The van der Waals surface area contributed by atoms with Gasteiger partial charge in [0.05, 0.1) is 18.8 Å². The number of nitrogens with zero attached hydrogens (tertiary/aromatic N) is 4. The Morgan fingerprint density at radius 1 is 1.19 bits per heavy atom. The minimum absolute atomic E-state index is 0.00338. The van der Waals surface area contributed by atoms with Gasteiger partial charge in [0.25, 0.3) is 5.89 Å². The molecule has 0 radical (unpaired) electrons. The van der Waals surface area contributed by atoms with Gasteiger partial charge in [-0.25, -0.2) is 0 Å². The van der Waals surface area contributed by atoms with Gasteiger partial charge in [0.1, 0.15) is 6.61 Å². The molecule has 1 saturated heterocycles. The lowest BCUT2D eigenvalue weighted by molar-refractivity contribution is -0.129. The fourth-order valence-electron chi connectivity index (χ4n) is 5.31. The molecule has 3 aromatic rings. The van der Waals surface area contributed by atoms with Crippen LogP contribution in [0.5, 0.6) is 11.5 Å². The highest BCUT2D eigenvalue weighted by molar-refractivity contribution is 5.81. The third-order valence-corrected chi connectivity index (χ3v) is 6.89. The van der Waals surface area contributed by atoms with Crippen molar-refractivity contribution in [1.82, 2.24) is 19.9 Å². The normalized spacial score (nSPS) is 18.6. The highest BCUT2D eigenvalue weighted by Crippen LogP contribution is 2.49. The fraction of sp³-hybridized carbons (Fsp3) is 0.464. The maximum absolute atomic E-state index is 12.5. The van der Waals surface area contributed by atoms with Gasteiger partial charge in [0, 0.05) is 30.6 Å². The van der Waals surface area contributed by atoms with Crippen LogP contribution >= 0.6 is 0 Å². The van der Waals surface area contributed by atoms with Crippen LogP contribution in [0.15, 0.2) is 40.9 Å². The SMILES string of the molecule is CC(C)Oc1ccc(-c2nc(-c3cccc4c3CC3CC(=O)N(CCO)C43)no2)cc1OCCN(C)C. The quantitative estimate of drug-likeness (QED) is 0.445. The number of aliphatic hydroxyl groups is 1. The topological polar surface area (TPSA) is 101 Å². The zero-order valence-electron chi connectivity index (χ0n) is 21.8. The van der Waals surface area contributed by atoms with Gasteiger partial charge in [-0.15, -0.1) is 0 Å². The Kier molecular flexibility index (Phi) is 7.17. The summed E-state index contributed by atoms with van der Waals surface area (Å²) in [4.78, 5) is 21.1. The van der Waals surface area contributed by atoms with Gasteiger partial charge in [-0.2, -0.15) is 4.98 Å². The second-order valence-corrected chi connectivity index (χ2v) is 10.2. The molecule has 2 atom stereocenters. The maximum atomic E-state index is 12.5. The van der Waals surface area contributed by atoms with Crippen molar-refractivity contribution in [3.63, 3.8) is 0 Å². The van der Waals surface area contributed by atoms with Crippen molar-refractivity contribution in [1.29, 1.82) is 0 Å². The predicted molar refractivity (Wildman–Crippen MR) is 138 cm³/mol. The molecule has 37 heavy (non-hydrogen) atoms. The molecule has 1 aliphatic heterocycles. The van der Waals surface area contributed by atoms with Crippen molar-refractivity contribution in [2.75, 3.05) is 40.4 Å². The minimum atomic E-state index is -0.0416. The van der Waals surface area contributed by atoms with Gasteiger partial charge in [-0.3, -0.25) is 4.79 Å². The number of fused-ring (bicyclic) bond motifs is 3. The van der Waals surface area contributed by atoms with E-state index in [9.17, 15) is 9.90 Å². The lowest BCUT2D eigenvalue weighted by Gasteiger charge is -2.24. The van der Waals surface area contributed by atoms with E-state index in [1.54, 1.807) is 4.90 Å². The summed E-state index contributed by atoms with van der Waals surface area (Å²) in [5, 5.41) is 13.8. The molecule has 1 amide bonds. The van der Waals surface area contributed by atoms with E-state index in [1.165, 1.54) is 0 Å². The third kappa shape index (κ3) is 5.06. The summed E-state index contributed by atoms with van der Waals surface area (Å²) < 4.78 is 17.7. The molecule has 0 bridgehead atoms. The molecule has 1 N–H and O–H groups in total. The number of amides is 1. The molecule has 0 saturated carbocycles. The van der Waals surface area contributed by atoms with Crippen molar-refractivity contribution >= 4 is 5.91 Å². The van der Waals surface area contributed by atoms with Gasteiger partial charge in [0.2, 0.25) is 11.7 Å². The van der Waals surface area contributed by atoms with E-state index < -0.39 is 0 Å². The number of hydrogen-bond acceptors (Lipinski definition) is 8. The van der Waals surface area contributed by atoms with E-state index in [4.69, 9.17) is 19.0 Å². The van der Waals surface area contributed by atoms with E-state index in [-0.39, 0.29) is 30.6 Å². The average Bonchev–Trinajstić information content (AvgIpc) is 3.55. The molecule has 1 fully saturated rings. The smallest absolute Gasteiger partial charge is 0.258 e. The predicted octanol–water partition coefficient (Wildman–Crippen LogP) is 3.57. The fourth-order valence-corrected chi connectivity index (χ4v) is 5.31. The summed E-state index contributed by atoms with van der Waals surface area (Å²) in [5.74, 6) is 2.54. The van der Waals surface area contributed by atoms with Crippen LogP contribution in [0.3, 0.4) is 0 Å². The molecule has 0 spiro atoms. The Balaban J connectivity index is 1.43. The number of aliphatic hydroxyl groups excluding tert-OH is 1. The van der Waals surface area contributed by atoms with E-state index in [1.807, 2.05) is 58.3 Å². The summed E-state index contributed by atoms with van der Waals surface area (Å²) >= 11 is 0. The number of aromatic nitrogens is 2. The molecular formula is C28H34N4O5. The molecule has 2 aliphatic rings. The zero-order valence-corrected chi connectivity index (χ0v) is 21.8. The Hall–Kier alpha value is -3.43. The number of carbonyl (C=O) groups excluding carboxylic acids is 1. The first kappa shape index (κ1) is 25.2. The van der Waals surface area contributed by atoms with E-state index in [0.717, 1.165) is 35.2 Å². The van der Waals surface area contributed by atoms with Gasteiger partial charge < -0.3 is 28.9 Å². The third-order valence-electron chi connectivity index (χ3n) is 6.89. The van der Waals surface area contributed by atoms with Crippen molar-refractivity contribution < 1.29 is 23.9 Å². The summed E-state index contributed by atoms with van der Waals surface area (Å²) in [6, 6.07) is 11.7. The van der Waals surface area contributed by atoms with Gasteiger partial charge >= 0.3 is 0 Å². The van der Waals surface area contributed by atoms with Gasteiger partial charge in [-0.05, 0) is 69.6 Å². The standard InChI is InChI=1S/C28H34N4O5/c1-17(2)36-23-9-8-18(15-24(23)35-13-11-31(3)4)28-29-27(30-37-28)21-7-5-6-20-22(21)14-19-16-25(34)32(10-12-33)26(19)20/h5-9,15,17,19,26,33H,10-14,16H2,1-4H3. The monoisotopic (exact) mass is 506 g/mol. The molecule has 9 heteroatoms. The number of likely N-dealkylation sites (N-methyl/N-ethyl adjacent to an activating group) is 1. The number of likely N-dealkylation sites (tertiary alicyclic amines) is 1. The Bertz CT molecular complexity index is 1270. The first-order valence-corrected chi connectivity index (χ1v) is 12.8. The molecule has 196 valence electrons. The van der Waals surface area contributed by atoms with Crippen molar-refractivity contribution in [2.24, 2.45) is 5.92 Å². The molecule has 2 aromatic carbocycles. The second kappa shape index (κ2) is 10.5. The van der Waals surface area contributed by atoms with E-state index >= 15 is 0 Å². The second-order valence-electron chi connectivity index (χ2n) is 10.2. The first-order chi connectivity index (χ1) is 17.9. The Morgan fingerprint density at radius 3 is 2.78 bits per heavy atom. The van der Waals surface area contributed by atoms with Crippen molar-refractivity contribution in [3.05, 3.63) is 47.5 Å². The molecule has 2 unspecified atom stereocenters. The van der Waals surface area contributed by atoms with Gasteiger partial charge in [0.15, 0.2) is 11.5 Å². The summed E-state index contributed by atoms with van der Waals surface area (Å²) in [6.07, 6.45) is 1.29. The average molecular weight is 507 g/mol. The van der Waals surface area contributed by atoms with Gasteiger partial charge in [-0.1, -0.05) is 23.4 Å². The minimum Gasteiger partial charge on any atom is -0.488 e. The van der Waals surface area contributed by atoms with Crippen LogP contribution in [0.4, 0.5) is 0 Å². The number of benzene rings is 2. The zero-order chi connectivity index (χ0) is 26.1. The molecular weight excluding hydrogens is 472 g/mol. The molecule has 1 aromatic heterocycles. The number of β-amino-alcohol motifs (C(OH)–C–C–N with tert-alkyl or cyclic N) is 1. The van der Waals surface area contributed by atoms with Crippen LogP contribution in [-0.2, 0) is 11.2 Å². The number of rotatable bonds is 10. The Labute approximate surface area is 217 Å². The summed E-state index contributed by atoms with van der Waals surface area (Å²) in [5.41, 5.74) is 3.92. The van der Waals surface area contributed by atoms with Crippen LogP contribution in [0.25, 0.3) is 22.8 Å². The van der Waals surface area contributed by atoms with Crippen LogP contribution < -0.4 is 9.47 Å². The Morgan fingerprint density at radius 2 is 2.03 bits per heavy atom. The number of ether oxygens (including phenoxy) is 2. The lowest BCUT2D eigenvalue weighted by atomic mass is 10.0. The molecule has 1 aliphatic carbocycles. The highest BCUT2D eigenvalue weighted by Gasteiger charge is 2.46. The molecule has 9 nitrogen and oxygen atoms in total. The van der Waals surface area contributed by atoms with Crippen LogP contribution in [0.1, 0.15) is 37.4 Å². The highest BCUT2D eigenvalue weighted by atomic mass is 16.5. The van der Waals surface area contributed by atoms with Crippen LogP contribution in [0.2, 0.25) is 0 Å². The van der Waals surface area contributed by atoms with Crippen LogP contribution in [0, 0.1) is 5.92 Å². The largest absolute Gasteiger partial charge is 0.488 e. The van der Waals surface area contributed by atoms with Crippen LogP contribution in [-0.4, -0.2) is 77.5 Å². The maximum Gasteiger partial charge on any atom is 0.258 e. The van der Waals surface area contributed by atoms with Crippen molar-refractivity contribution in [3.8, 4) is 34.3 Å². The summed E-state index contributed by atoms with van der Waals surface area (Å²) in [6.45, 7) is 5.57. The molecule has 2 heterocycles. The number of carbonyl (C=O) groups is 1. The lowest BCUT2D eigenvalue weighted by Crippen LogP contribution is -2.30.